The fourth-order valence-electron chi connectivity index (χ4n) is 1.28. The molecule has 2 rings (SSSR count). The van der Waals surface area contributed by atoms with Crippen LogP contribution in [0.1, 0.15) is 11.3 Å². The van der Waals surface area contributed by atoms with Crippen LogP contribution in [0.3, 0.4) is 0 Å². The molecule has 2 heteroatoms. The first kappa shape index (κ1) is 7.75. The van der Waals surface area contributed by atoms with Crippen LogP contribution in [0.25, 0.3) is 10.9 Å². The summed E-state index contributed by atoms with van der Waals surface area (Å²) in [6, 6.07) is 11.4. The molecule has 0 bridgehead atoms. The Balaban J connectivity index is 2.89. The third-order valence-corrected chi connectivity index (χ3v) is 1.90. The van der Waals surface area contributed by atoms with Gasteiger partial charge in [0.25, 0.3) is 0 Å². The Morgan fingerprint density at radius 2 is 2.08 bits per heavy atom. The molecule has 0 atom stereocenters. The van der Waals surface area contributed by atoms with Crippen molar-refractivity contribution in [1.82, 2.24) is 4.98 Å². The highest BCUT2D eigenvalue weighted by atomic mass is 14.7. The van der Waals surface area contributed by atoms with E-state index in [1.165, 1.54) is 0 Å². The van der Waals surface area contributed by atoms with E-state index in [1.807, 2.05) is 24.3 Å². The van der Waals surface area contributed by atoms with Crippen molar-refractivity contribution < 1.29 is 0 Å². The van der Waals surface area contributed by atoms with Crippen LogP contribution in [-0.4, -0.2) is 4.98 Å². The van der Waals surface area contributed by atoms with Crippen molar-refractivity contribution in [2.75, 3.05) is 0 Å². The first-order valence-corrected chi connectivity index (χ1v) is 3.93. The molecule has 0 aliphatic rings. The van der Waals surface area contributed by atoms with Gasteiger partial charge in [-0.25, -0.2) is 0 Å². The summed E-state index contributed by atoms with van der Waals surface area (Å²) in [7, 11) is 0. The highest BCUT2D eigenvalue weighted by Crippen LogP contribution is 2.15. The molecule has 0 aliphatic carbocycles. The number of aromatic nitrogens is 1. The lowest BCUT2D eigenvalue weighted by Gasteiger charge is -1.99. The number of nitriles is 1. The zero-order valence-electron chi connectivity index (χ0n) is 6.99. The number of hydrogen-bond acceptors (Lipinski definition) is 2. The quantitative estimate of drug-likeness (QED) is 0.603. The van der Waals surface area contributed by atoms with E-state index < -0.39 is 0 Å². The number of hydrogen-bond donors (Lipinski definition) is 0. The zero-order chi connectivity index (χ0) is 9.26. The first-order valence-electron chi connectivity index (χ1n) is 3.93. The SMILES string of the molecule is [CH2]c1ccc2cccc(C#N)c2n1. The largest absolute Gasteiger partial charge is 0.251 e. The monoisotopic (exact) mass is 167 g/mol. The molecular formula is C11H7N2. The first-order chi connectivity index (χ1) is 6.31. The Morgan fingerprint density at radius 3 is 2.85 bits per heavy atom. The highest BCUT2D eigenvalue weighted by Gasteiger charge is 2.00. The van der Waals surface area contributed by atoms with Crippen LogP contribution in [-0.2, 0) is 0 Å². The van der Waals surface area contributed by atoms with Crippen LogP contribution < -0.4 is 0 Å². The van der Waals surface area contributed by atoms with Gasteiger partial charge in [-0.3, -0.25) is 4.98 Å². The molecule has 13 heavy (non-hydrogen) atoms. The third-order valence-electron chi connectivity index (χ3n) is 1.90. The van der Waals surface area contributed by atoms with E-state index in [0.717, 1.165) is 10.9 Å². The van der Waals surface area contributed by atoms with Crippen molar-refractivity contribution in [2.24, 2.45) is 0 Å². The summed E-state index contributed by atoms with van der Waals surface area (Å²) in [5.41, 5.74) is 2.02. The second-order valence-electron chi connectivity index (χ2n) is 2.79. The maximum atomic E-state index is 8.82. The Kier molecular flexibility index (Phi) is 1.71. The predicted octanol–water partition coefficient (Wildman–Crippen LogP) is 2.29. The van der Waals surface area contributed by atoms with Crippen LogP contribution in [0, 0.1) is 18.3 Å². The second kappa shape index (κ2) is 2.87. The zero-order valence-corrected chi connectivity index (χ0v) is 6.99. The molecule has 0 fully saturated rings. The van der Waals surface area contributed by atoms with E-state index >= 15 is 0 Å². The molecular weight excluding hydrogens is 160 g/mol. The molecule has 61 valence electrons. The molecule has 0 aliphatic heterocycles. The van der Waals surface area contributed by atoms with Crippen molar-refractivity contribution in [1.29, 1.82) is 5.26 Å². The molecule has 2 aromatic rings. The van der Waals surface area contributed by atoms with Crippen molar-refractivity contribution in [2.45, 2.75) is 0 Å². The van der Waals surface area contributed by atoms with Crippen molar-refractivity contribution in [3.05, 3.63) is 48.5 Å². The van der Waals surface area contributed by atoms with Gasteiger partial charge in [-0.2, -0.15) is 5.26 Å². The van der Waals surface area contributed by atoms with E-state index in [2.05, 4.69) is 18.0 Å². The molecule has 1 aromatic heterocycles. The number of rotatable bonds is 0. The lowest BCUT2D eigenvalue weighted by atomic mass is 10.1. The molecule has 1 radical (unpaired) electrons. The highest BCUT2D eigenvalue weighted by molar-refractivity contribution is 5.84. The molecule has 0 spiro atoms. The maximum absolute atomic E-state index is 8.82. The summed E-state index contributed by atoms with van der Waals surface area (Å²) in [6.45, 7) is 3.73. The van der Waals surface area contributed by atoms with Gasteiger partial charge in [-0.15, -0.1) is 0 Å². The molecule has 0 saturated heterocycles. The minimum Gasteiger partial charge on any atom is -0.251 e. The molecule has 2 nitrogen and oxygen atoms in total. The Morgan fingerprint density at radius 1 is 1.23 bits per heavy atom. The number of nitrogens with zero attached hydrogens (tertiary/aromatic N) is 2. The van der Waals surface area contributed by atoms with E-state index in [1.54, 1.807) is 6.07 Å². The summed E-state index contributed by atoms with van der Waals surface area (Å²) >= 11 is 0. The lowest BCUT2D eigenvalue weighted by molar-refractivity contribution is 1.33. The smallest absolute Gasteiger partial charge is 0.101 e. The van der Waals surface area contributed by atoms with Gasteiger partial charge in [-0.05, 0) is 19.1 Å². The number of pyridine rings is 1. The van der Waals surface area contributed by atoms with Gasteiger partial charge in [-0.1, -0.05) is 18.2 Å². The molecule has 0 N–H and O–H groups in total. The fraction of sp³-hybridized carbons (Fsp3) is 0. The van der Waals surface area contributed by atoms with Gasteiger partial charge in [0.05, 0.1) is 11.1 Å². The Hall–Kier alpha value is -1.88. The Labute approximate surface area is 76.5 Å². The summed E-state index contributed by atoms with van der Waals surface area (Å²) in [6.07, 6.45) is 0. The second-order valence-corrected chi connectivity index (χ2v) is 2.79. The van der Waals surface area contributed by atoms with E-state index in [9.17, 15) is 0 Å². The molecule has 0 amide bonds. The summed E-state index contributed by atoms with van der Waals surface area (Å²) < 4.78 is 0. The number of fused-ring (bicyclic) bond motifs is 1. The van der Waals surface area contributed by atoms with E-state index in [4.69, 9.17) is 5.26 Å². The molecule has 1 heterocycles. The van der Waals surface area contributed by atoms with Gasteiger partial charge in [0.1, 0.15) is 6.07 Å². The normalized spacial score (nSPS) is 9.85. The minimum absolute atomic E-state index is 0.600. The molecule has 0 saturated carbocycles. The average molecular weight is 167 g/mol. The lowest BCUT2D eigenvalue weighted by Crippen LogP contribution is -1.86. The maximum Gasteiger partial charge on any atom is 0.101 e. The van der Waals surface area contributed by atoms with Crippen LogP contribution in [0.15, 0.2) is 30.3 Å². The molecule has 0 unspecified atom stereocenters. The predicted molar refractivity (Wildman–Crippen MR) is 50.9 cm³/mol. The fourth-order valence-corrected chi connectivity index (χ4v) is 1.28. The van der Waals surface area contributed by atoms with Gasteiger partial charge < -0.3 is 0 Å². The minimum atomic E-state index is 0.600. The van der Waals surface area contributed by atoms with Gasteiger partial charge in [0.15, 0.2) is 0 Å². The Bertz CT molecular complexity index is 495. The number of benzene rings is 1. The van der Waals surface area contributed by atoms with Gasteiger partial charge in [0.2, 0.25) is 0 Å². The third kappa shape index (κ3) is 1.25. The van der Waals surface area contributed by atoms with Crippen LogP contribution >= 0.6 is 0 Å². The summed E-state index contributed by atoms with van der Waals surface area (Å²) in [4.78, 5) is 4.21. The van der Waals surface area contributed by atoms with Crippen molar-refractivity contribution >= 4 is 10.9 Å². The topological polar surface area (TPSA) is 36.7 Å². The number of para-hydroxylation sites is 1. The standard InChI is InChI=1S/C11H7N2/c1-8-5-6-9-3-2-4-10(7-12)11(9)13-8/h2-6H,1H2. The molecule has 1 aromatic carbocycles. The average Bonchev–Trinajstić information content (AvgIpc) is 2.17. The van der Waals surface area contributed by atoms with E-state index in [0.29, 0.717) is 11.3 Å². The van der Waals surface area contributed by atoms with Crippen molar-refractivity contribution in [3.8, 4) is 6.07 Å². The van der Waals surface area contributed by atoms with Crippen LogP contribution in [0.4, 0.5) is 0 Å². The van der Waals surface area contributed by atoms with Gasteiger partial charge in [0, 0.05) is 11.1 Å². The summed E-state index contributed by atoms with van der Waals surface area (Å²) in [5.74, 6) is 0. The van der Waals surface area contributed by atoms with Crippen LogP contribution in [0.2, 0.25) is 0 Å². The van der Waals surface area contributed by atoms with E-state index in [-0.39, 0.29) is 0 Å². The van der Waals surface area contributed by atoms with Crippen molar-refractivity contribution in [3.63, 3.8) is 0 Å². The summed E-state index contributed by atoms with van der Waals surface area (Å²) in [5, 5.41) is 9.79. The van der Waals surface area contributed by atoms with Crippen LogP contribution in [0.5, 0.6) is 0 Å². The van der Waals surface area contributed by atoms with Gasteiger partial charge >= 0.3 is 0 Å².